The largest absolute Gasteiger partial charge is 0.466 e. The van der Waals surface area contributed by atoms with E-state index in [1.54, 1.807) is 0 Å². The van der Waals surface area contributed by atoms with Crippen LogP contribution >= 0.6 is 0 Å². The first kappa shape index (κ1) is 16.7. The van der Waals surface area contributed by atoms with E-state index < -0.39 is 0 Å². The van der Waals surface area contributed by atoms with Crippen molar-refractivity contribution in [2.45, 2.75) is 71.7 Å². The van der Waals surface area contributed by atoms with Crippen LogP contribution in [0.15, 0.2) is 0 Å². The summed E-state index contributed by atoms with van der Waals surface area (Å²) in [6, 6.07) is 0. The van der Waals surface area contributed by atoms with E-state index in [0.717, 1.165) is 25.7 Å². The van der Waals surface area contributed by atoms with Gasteiger partial charge in [0.15, 0.2) is 0 Å². The summed E-state index contributed by atoms with van der Waals surface area (Å²) < 4.78 is 16.7. The molecular formula is C18H28O5. The van der Waals surface area contributed by atoms with Crippen molar-refractivity contribution < 1.29 is 23.8 Å². The molecule has 0 N–H and O–H groups in total. The van der Waals surface area contributed by atoms with Gasteiger partial charge in [0, 0.05) is 19.3 Å². The van der Waals surface area contributed by atoms with E-state index in [1.165, 1.54) is 13.8 Å². The van der Waals surface area contributed by atoms with Crippen molar-refractivity contribution in [2.75, 3.05) is 6.61 Å². The average Bonchev–Trinajstić information content (AvgIpc) is 3.17. The smallest absolute Gasteiger partial charge is 0.302 e. The Hall–Kier alpha value is -1.10. The lowest BCUT2D eigenvalue weighted by Gasteiger charge is -2.43. The minimum absolute atomic E-state index is 0.0529. The molecule has 2 aliphatic carbocycles. The zero-order valence-corrected chi connectivity index (χ0v) is 14.5. The van der Waals surface area contributed by atoms with Gasteiger partial charge in [-0.3, -0.25) is 9.59 Å². The Balaban J connectivity index is 1.78. The number of fused-ring (bicyclic) bond motifs is 3. The normalized spacial score (nSPS) is 45.2. The van der Waals surface area contributed by atoms with Gasteiger partial charge in [-0.2, -0.15) is 0 Å². The maximum Gasteiger partial charge on any atom is 0.302 e. The molecule has 0 aromatic rings. The second-order valence-electron chi connectivity index (χ2n) is 7.91. The predicted molar refractivity (Wildman–Crippen MR) is 83.6 cm³/mol. The van der Waals surface area contributed by atoms with Gasteiger partial charge in [-0.25, -0.2) is 0 Å². The summed E-state index contributed by atoms with van der Waals surface area (Å²) in [4.78, 5) is 22.6. The van der Waals surface area contributed by atoms with E-state index >= 15 is 0 Å². The SMILES string of the molecule is CC(=O)OC[C@H]1CC[C@@H](OC(C)=O)[C@H](C)C[C@]2(C)[C@@H]1C[C@@H]1O[C@@H]12. The minimum atomic E-state index is -0.224. The highest BCUT2D eigenvalue weighted by atomic mass is 16.6. The van der Waals surface area contributed by atoms with Crippen molar-refractivity contribution in [3.63, 3.8) is 0 Å². The molecule has 1 aliphatic heterocycles. The molecule has 0 radical (unpaired) electrons. The summed E-state index contributed by atoms with van der Waals surface area (Å²) in [6.07, 6.45) is 4.48. The maximum absolute atomic E-state index is 11.4. The Kier molecular flexibility index (Phi) is 4.43. The Morgan fingerprint density at radius 3 is 2.61 bits per heavy atom. The first-order valence-electron chi connectivity index (χ1n) is 8.77. The maximum atomic E-state index is 11.4. The van der Waals surface area contributed by atoms with Crippen LogP contribution in [0.3, 0.4) is 0 Å². The first-order valence-corrected chi connectivity index (χ1v) is 8.77. The molecule has 7 atom stereocenters. The van der Waals surface area contributed by atoms with Crippen LogP contribution in [0.4, 0.5) is 0 Å². The van der Waals surface area contributed by atoms with Gasteiger partial charge in [-0.05, 0) is 43.4 Å². The number of hydrogen-bond donors (Lipinski definition) is 0. The molecule has 3 rings (SSSR count). The molecule has 0 aromatic heterocycles. The topological polar surface area (TPSA) is 65.1 Å². The number of hydrogen-bond acceptors (Lipinski definition) is 5. The third-order valence-electron chi connectivity index (χ3n) is 6.17. The summed E-state index contributed by atoms with van der Waals surface area (Å²) in [5.74, 6) is 0.729. The van der Waals surface area contributed by atoms with E-state index in [9.17, 15) is 9.59 Å². The molecular weight excluding hydrogens is 296 g/mol. The van der Waals surface area contributed by atoms with Crippen molar-refractivity contribution in [1.82, 2.24) is 0 Å². The van der Waals surface area contributed by atoms with E-state index in [1.807, 2.05) is 0 Å². The molecule has 1 heterocycles. The van der Waals surface area contributed by atoms with E-state index in [-0.39, 0.29) is 23.5 Å². The van der Waals surface area contributed by atoms with Crippen LogP contribution in [0.25, 0.3) is 0 Å². The highest BCUT2D eigenvalue weighted by Crippen LogP contribution is 2.61. The lowest BCUT2D eigenvalue weighted by atomic mass is 9.64. The number of epoxide rings is 1. The van der Waals surface area contributed by atoms with Crippen LogP contribution in [0.2, 0.25) is 0 Å². The monoisotopic (exact) mass is 324 g/mol. The Labute approximate surface area is 138 Å². The molecule has 130 valence electrons. The van der Waals surface area contributed by atoms with Crippen molar-refractivity contribution >= 4 is 11.9 Å². The molecule has 5 nitrogen and oxygen atoms in total. The van der Waals surface area contributed by atoms with Crippen LogP contribution < -0.4 is 0 Å². The predicted octanol–water partition coefficient (Wildman–Crippen LogP) is 2.71. The van der Waals surface area contributed by atoms with Gasteiger partial charge in [0.05, 0.1) is 18.8 Å². The minimum Gasteiger partial charge on any atom is -0.466 e. The van der Waals surface area contributed by atoms with E-state index in [2.05, 4.69) is 13.8 Å². The first-order chi connectivity index (χ1) is 10.8. The van der Waals surface area contributed by atoms with Crippen molar-refractivity contribution in [3.8, 4) is 0 Å². The second-order valence-corrected chi connectivity index (χ2v) is 7.91. The number of esters is 2. The zero-order valence-electron chi connectivity index (χ0n) is 14.5. The van der Waals surface area contributed by atoms with Gasteiger partial charge in [0.2, 0.25) is 0 Å². The molecule has 0 aromatic carbocycles. The molecule has 3 aliphatic rings. The van der Waals surface area contributed by atoms with Crippen LogP contribution in [0.1, 0.15) is 53.4 Å². The third kappa shape index (κ3) is 3.25. The van der Waals surface area contributed by atoms with Gasteiger partial charge in [-0.15, -0.1) is 0 Å². The fourth-order valence-corrected chi connectivity index (χ4v) is 5.13. The summed E-state index contributed by atoms with van der Waals surface area (Å²) in [7, 11) is 0. The molecule has 2 saturated carbocycles. The fourth-order valence-electron chi connectivity index (χ4n) is 5.13. The molecule has 0 unspecified atom stereocenters. The van der Waals surface area contributed by atoms with Gasteiger partial charge < -0.3 is 14.2 Å². The van der Waals surface area contributed by atoms with Crippen molar-refractivity contribution in [3.05, 3.63) is 0 Å². The van der Waals surface area contributed by atoms with E-state index in [0.29, 0.717) is 36.6 Å². The lowest BCUT2D eigenvalue weighted by molar-refractivity contribution is -0.152. The number of carbonyl (C=O) groups is 2. The van der Waals surface area contributed by atoms with Gasteiger partial charge in [0.25, 0.3) is 0 Å². The highest BCUT2D eigenvalue weighted by molar-refractivity contribution is 5.66. The number of ether oxygens (including phenoxy) is 3. The van der Waals surface area contributed by atoms with Crippen LogP contribution in [0, 0.1) is 23.2 Å². The Morgan fingerprint density at radius 2 is 1.96 bits per heavy atom. The molecule has 0 bridgehead atoms. The van der Waals surface area contributed by atoms with Crippen LogP contribution in [-0.2, 0) is 23.8 Å². The summed E-state index contributed by atoms with van der Waals surface area (Å²) in [5, 5.41) is 0. The number of rotatable bonds is 3. The van der Waals surface area contributed by atoms with Gasteiger partial charge >= 0.3 is 11.9 Å². The Morgan fingerprint density at radius 1 is 1.22 bits per heavy atom. The molecule has 0 amide bonds. The quantitative estimate of drug-likeness (QED) is 0.590. The van der Waals surface area contributed by atoms with E-state index in [4.69, 9.17) is 14.2 Å². The molecule has 0 spiro atoms. The van der Waals surface area contributed by atoms with Crippen LogP contribution in [-0.4, -0.2) is 36.9 Å². The third-order valence-corrected chi connectivity index (χ3v) is 6.17. The fraction of sp³-hybridized carbons (Fsp3) is 0.889. The number of carbonyl (C=O) groups excluding carboxylic acids is 2. The van der Waals surface area contributed by atoms with Crippen molar-refractivity contribution in [2.24, 2.45) is 23.2 Å². The zero-order chi connectivity index (χ0) is 16.8. The second kappa shape index (κ2) is 6.08. The van der Waals surface area contributed by atoms with Gasteiger partial charge in [0.1, 0.15) is 6.10 Å². The standard InChI is InChI=1S/C18H28O5/c1-10-8-18(4)14(7-16-17(18)23-16)13(9-21-11(2)19)5-6-15(10)22-12(3)20/h10,13-17H,5-9H2,1-4H3/t10-,13-,14-,15-,16+,17+,18-/m1/s1. The molecule has 3 fully saturated rings. The summed E-state index contributed by atoms with van der Waals surface area (Å²) >= 11 is 0. The van der Waals surface area contributed by atoms with Crippen molar-refractivity contribution in [1.29, 1.82) is 0 Å². The van der Waals surface area contributed by atoms with Crippen LogP contribution in [0.5, 0.6) is 0 Å². The molecule has 23 heavy (non-hydrogen) atoms. The highest BCUT2D eigenvalue weighted by Gasteiger charge is 2.64. The Bertz CT molecular complexity index is 490. The summed E-state index contributed by atoms with van der Waals surface area (Å²) in [6.45, 7) is 7.89. The average molecular weight is 324 g/mol. The van der Waals surface area contributed by atoms with Gasteiger partial charge in [-0.1, -0.05) is 13.8 Å². The lowest BCUT2D eigenvalue weighted by Crippen LogP contribution is -2.42. The molecule has 1 saturated heterocycles. The molecule has 5 heteroatoms. The summed E-state index contributed by atoms with van der Waals surface area (Å²) in [5.41, 5.74) is 0.0910.